The maximum atomic E-state index is 12.0. The van der Waals surface area contributed by atoms with Crippen molar-refractivity contribution in [2.75, 3.05) is 23.8 Å². The zero-order valence-corrected chi connectivity index (χ0v) is 13.0. The van der Waals surface area contributed by atoms with E-state index in [1.165, 1.54) is 0 Å². The molecular formula is C17H26N2O2. The van der Waals surface area contributed by atoms with Gasteiger partial charge in [0.2, 0.25) is 5.91 Å². The summed E-state index contributed by atoms with van der Waals surface area (Å²) in [6, 6.07) is 7.88. The summed E-state index contributed by atoms with van der Waals surface area (Å²) >= 11 is 0. The molecule has 0 radical (unpaired) electrons. The summed E-state index contributed by atoms with van der Waals surface area (Å²) in [5, 5.41) is 6.35. The number of nitrogens with one attached hydrogen (secondary N) is 2. The molecule has 1 heterocycles. The molecule has 1 unspecified atom stereocenters. The molecule has 4 nitrogen and oxygen atoms in total. The first-order valence-electron chi connectivity index (χ1n) is 7.99. The number of anilines is 2. The molecule has 2 rings (SSSR count). The lowest BCUT2D eigenvalue weighted by Crippen LogP contribution is -2.21. The molecule has 116 valence electrons. The maximum Gasteiger partial charge on any atom is 0.227 e. The van der Waals surface area contributed by atoms with Crippen molar-refractivity contribution in [3.63, 3.8) is 0 Å². The summed E-state index contributed by atoms with van der Waals surface area (Å²) in [7, 11) is 0. The van der Waals surface area contributed by atoms with E-state index in [0.29, 0.717) is 6.10 Å². The van der Waals surface area contributed by atoms with Crippen molar-refractivity contribution >= 4 is 17.3 Å². The summed E-state index contributed by atoms with van der Waals surface area (Å²) in [6.07, 6.45) is 4.38. The molecule has 1 amide bonds. The van der Waals surface area contributed by atoms with E-state index >= 15 is 0 Å². The molecule has 0 bridgehead atoms. The topological polar surface area (TPSA) is 50.4 Å². The van der Waals surface area contributed by atoms with Crippen LogP contribution in [0, 0.1) is 5.92 Å². The highest BCUT2D eigenvalue weighted by Gasteiger charge is 2.15. The third kappa shape index (κ3) is 4.74. The number of ether oxygens (including phenoxy) is 1. The van der Waals surface area contributed by atoms with Crippen LogP contribution in [0.15, 0.2) is 24.3 Å². The Morgan fingerprint density at radius 1 is 1.24 bits per heavy atom. The van der Waals surface area contributed by atoms with Crippen LogP contribution >= 0.6 is 0 Å². The van der Waals surface area contributed by atoms with Crippen molar-refractivity contribution in [2.45, 2.75) is 45.6 Å². The largest absolute Gasteiger partial charge is 0.382 e. The zero-order chi connectivity index (χ0) is 15.1. The Bertz CT molecular complexity index is 435. The Hall–Kier alpha value is -1.55. The zero-order valence-electron chi connectivity index (χ0n) is 13.0. The predicted molar refractivity (Wildman–Crippen MR) is 86.6 cm³/mol. The van der Waals surface area contributed by atoms with Gasteiger partial charge in [-0.2, -0.15) is 0 Å². The summed E-state index contributed by atoms with van der Waals surface area (Å²) in [5.74, 6) is 0.211. The van der Waals surface area contributed by atoms with E-state index < -0.39 is 0 Å². The molecule has 21 heavy (non-hydrogen) atoms. The van der Waals surface area contributed by atoms with Gasteiger partial charge in [0.25, 0.3) is 0 Å². The van der Waals surface area contributed by atoms with Crippen molar-refractivity contribution in [3.05, 3.63) is 24.3 Å². The predicted octanol–water partition coefficient (Wildman–Crippen LogP) is 3.65. The van der Waals surface area contributed by atoms with Crippen LogP contribution in [0.2, 0.25) is 0 Å². The van der Waals surface area contributed by atoms with Crippen LogP contribution in [0.5, 0.6) is 0 Å². The van der Waals surface area contributed by atoms with E-state index in [0.717, 1.165) is 50.2 Å². The van der Waals surface area contributed by atoms with Gasteiger partial charge in [-0.15, -0.1) is 0 Å². The summed E-state index contributed by atoms with van der Waals surface area (Å²) in [4.78, 5) is 12.0. The van der Waals surface area contributed by atoms with Gasteiger partial charge in [0, 0.05) is 30.4 Å². The third-order valence-corrected chi connectivity index (χ3v) is 4.07. The number of hydrogen-bond donors (Lipinski definition) is 2. The Balaban J connectivity index is 1.82. The lowest BCUT2D eigenvalue weighted by Gasteiger charge is -2.14. The molecule has 1 aliphatic heterocycles. The molecule has 1 atom stereocenters. The molecule has 1 aliphatic rings. The average Bonchev–Trinajstić information content (AvgIpc) is 3.01. The molecule has 1 fully saturated rings. The normalized spacial score (nSPS) is 18.0. The molecule has 2 N–H and O–H groups in total. The van der Waals surface area contributed by atoms with Crippen LogP contribution in [0.4, 0.5) is 11.4 Å². The first kappa shape index (κ1) is 15.8. The molecule has 0 saturated carbocycles. The van der Waals surface area contributed by atoms with Gasteiger partial charge in [0.05, 0.1) is 6.10 Å². The van der Waals surface area contributed by atoms with Gasteiger partial charge >= 0.3 is 0 Å². The molecular weight excluding hydrogens is 264 g/mol. The van der Waals surface area contributed by atoms with E-state index in [2.05, 4.69) is 10.6 Å². The van der Waals surface area contributed by atoms with Crippen molar-refractivity contribution < 1.29 is 9.53 Å². The van der Waals surface area contributed by atoms with Crippen LogP contribution in [0.25, 0.3) is 0 Å². The van der Waals surface area contributed by atoms with Gasteiger partial charge in [-0.3, -0.25) is 4.79 Å². The second-order valence-corrected chi connectivity index (χ2v) is 5.60. The second kappa shape index (κ2) is 8.03. The fraction of sp³-hybridized carbons (Fsp3) is 0.588. The highest BCUT2D eigenvalue weighted by Crippen LogP contribution is 2.18. The fourth-order valence-electron chi connectivity index (χ4n) is 2.61. The Morgan fingerprint density at radius 3 is 2.48 bits per heavy atom. The van der Waals surface area contributed by atoms with E-state index in [1.54, 1.807) is 0 Å². The second-order valence-electron chi connectivity index (χ2n) is 5.60. The average molecular weight is 290 g/mol. The standard InChI is InChI=1S/C17H26N2O2/c1-3-13(4-2)17(20)19-15-9-7-14(8-10-15)18-12-16-6-5-11-21-16/h7-10,13,16,18H,3-6,11-12H2,1-2H3,(H,19,20). The van der Waals surface area contributed by atoms with Crippen LogP contribution < -0.4 is 10.6 Å². The minimum absolute atomic E-state index is 0.0994. The third-order valence-electron chi connectivity index (χ3n) is 4.07. The number of benzene rings is 1. The lowest BCUT2D eigenvalue weighted by atomic mass is 10.0. The van der Waals surface area contributed by atoms with Crippen LogP contribution in [-0.4, -0.2) is 25.2 Å². The van der Waals surface area contributed by atoms with Gasteiger partial charge in [-0.1, -0.05) is 13.8 Å². The quantitative estimate of drug-likeness (QED) is 0.806. The SMILES string of the molecule is CCC(CC)C(=O)Nc1ccc(NCC2CCCO2)cc1. The van der Waals surface area contributed by atoms with Crippen molar-refractivity contribution in [2.24, 2.45) is 5.92 Å². The van der Waals surface area contributed by atoms with Crippen molar-refractivity contribution in [1.82, 2.24) is 0 Å². The summed E-state index contributed by atoms with van der Waals surface area (Å²) < 4.78 is 5.58. The smallest absolute Gasteiger partial charge is 0.227 e. The monoisotopic (exact) mass is 290 g/mol. The summed E-state index contributed by atoms with van der Waals surface area (Å²) in [6.45, 7) is 5.82. The summed E-state index contributed by atoms with van der Waals surface area (Å²) in [5.41, 5.74) is 1.92. The van der Waals surface area contributed by atoms with Crippen LogP contribution in [0.1, 0.15) is 39.5 Å². The highest BCUT2D eigenvalue weighted by molar-refractivity contribution is 5.92. The first-order valence-corrected chi connectivity index (χ1v) is 7.99. The number of amides is 1. The molecule has 1 aromatic rings. The Labute approximate surface area is 127 Å². The Morgan fingerprint density at radius 2 is 1.90 bits per heavy atom. The highest BCUT2D eigenvalue weighted by atomic mass is 16.5. The van der Waals surface area contributed by atoms with E-state index in [-0.39, 0.29) is 11.8 Å². The Kier molecular flexibility index (Phi) is 6.05. The van der Waals surface area contributed by atoms with Gasteiger partial charge in [0.1, 0.15) is 0 Å². The fourth-order valence-corrected chi connectivity index (χ4v) is 2.61. The molecule has 0 spiro atoms. The van der Waals surface area contributed by atoms with Crippen LogP contribution in [0.3, 0.4) is 0 Å². The van der Waals surface area contributed by atoms with Crippen molar-refractivity contribution in [3.8, 4) is 0 Å². The van der Waals surface area contributed by atoms with Crippen molar-refractivity contribution in [1.29, 1.82) is 0 Å². The number of hydrogen-bond acceptors (Lipinski definition) is 3. The minimum atomic E-state index is 0.0994. The molecule has 4 heteroatoms. The number of rotatable bonds is 7. The van der Waals surface area contributed by atoms with E-state index in [9.17, 15) is 4.79 Å². The van der Waals surface area contributed by atoms with Gasteiger partial charge in [-0.05, 0) is 49.9 Å². The van der Waals surface area contributed by atoms with Gasteiger partial charge in [0.15, 0.2) is 0 Å². The molecule has 0 aliphatic carbocycles. The van der Waals surface area contributed by atoms with Crippen LogP contribution in [-0.2, 0) is 9.53 Å². The molecule has 1 aromatic carbocycles. The maximum absolute atomic E-state index is 12.0. The molecule has 1 saturated heterocycles. The van der Waals surface area contributed by atoms with Gasteiger partial charge in [-0.25, -0.2) is 0 Å². The number of carbonyl (C=O) groups excluding carboxylic acids is 1. The minimum Gasteiger partial charge on any atom is -0.382 e. The van der Waals surface area contributed by atoms with Gasteiger partial charge < -0.3 is 15.4 Å². The van der Waals surface area contributed by atoms with E-state index in [4.69, 9.17) is 4.74 Å². The first-order chi connectivity index (χ1) is 10.2. The molecule has 0 aromatic heterocycles. The number of carbonyl (C=O) groups is 1. The lowest BCUT2D eigenvalue weighted by molar-refractivity contribution is -0.120. The van der Waals surface area contributed by atoms with E-state index in [1.807, 2.05) is 38.1 Å².